The fourth-order valence-electron chi connectivity index (χ4n) is 6.01. The molecule has 240 valence electrons. The van der Waals surface area contributed by atoms with E-state index in [-0.39, 0.29) is 28.4 Å². The van der Waals surface area contributed by atoms with Gasteiger partial charge in [-0.1, -0.05) is 45.2 Å². The summed E-state index contributed by atoms with van der Waals surface area (Å²) in [4.78, 5) is 20.0. The molecule has 3 fully saturated rings. The third-order valence-corrected chi connectivity index (χ3v) is 13.8. The zero-order valence-electron chi connectivity index (χ0n) is 27.4. The number of fused-ring (bicyclic) bond motifs is 2. The van der Waals surface area contributed by atoms with Crippen LogP contribution in [0, 0.1) is 0 Å². The Morgan fingerprint density at radius 2 is 1.79 bits per heavy atom. The maximum atomic E-state index is 13.6. The Hall–Kier alpha value is -1.76. The summed E-state index contributed by atoms with van der Waals surface area (Å²) in [6.07, 6.45) is 4.34. The molecule has 2 aromatic heterocycles. The molecule has 1 aliphatic carbocycles. The molecule has 10 nitrogen and oxygen atoms in total. The van der Waals surface area contributed by atoms with Gasteiger partial charge in [0, 0.05) is 18.7 Å². The lowest BCUT2D eigenvalue weighted by molar-refractivity contribution is -0.198. The fourth-order valence-corrected chi connectivity index (χ4v) is 7.25. The Morgan fingerprint density at radius 1 is 1.14 bits per heavy atom. The number of hydrogen-bond acceptors (Lipinski definition) is 8. The largest absolute Gasteiger partial charge is 0.443 e. The first-order valence-corrected chi connectivity index (χ1v) is 18.9. The van der Waals surface area contributed by atoms with E-state index in [0.717, 1.165) is 25.7 Å². The molecule has 2 aromatic rings. The Bertz CT molecular complexity index is 1330. The maximum Gasteiger partial charge on any atom is 0.415 e. The molecule has 1 amide bonds. The minimum Gasteiger partial charge on any atom is -0.443 e. The van der Waals surface area contributed by atoms with Gasteiger partial charge in [-0.15, -0.1) is 0 Å². The van der Waals surface area contributed by atoms with E-state index in [1.54, 1.807) is 21.8 Å². The van der Waals surface area contributed by atoms with Crippen LogP contribution in [-0.2, 0) is 23.4 Å². The highest BCUT2D eigenvalue weighted by Crippen LogP contribution is 2.46. The van der Waals surface area contributed by atoms with Crippen molar-refractivity contribution >= 4 is 42.7 Å². The number of aromatic nitrogens is 3. The van der Waals surface area contributed by atoms with Crippen LogP contribution in [0.5, 0.6) is 0 Å². The van der Waals surface area contributed by atoms with Gasteiger partial charge in [0.25, 0.3) is 0 Å². The first kappa shape index (κ1) is 32.6. The third kappa shape index (κ3) is 6.77. The summed E-state index contributed by atoms with van der Waals surface area (Å²) < 4.78 is 33.4. The minimum absolute atomic E-state index is 0.00428. The summed E-state index contributed by atoms with van der Waals surface area (Å²) in [5.74, 6) is -0.773. The predicted molar refractivity (Wildman–Crippen MR) is 169 cm³/mol. The molecule has 0 bridgehead atoms. The van der Waals surface area contributed by atoms with Gasteiger partial charge in [-0.25, -0.2) is 14.5 Å². The van der Waals surface area contributed by atoms with Crippen LogP contribution in [-0.4, -0.2) is 71.5 Å². The van der Waals surface area contributed by atoms with Crippen LogP contribution in [0.3, 0.4) is 0 Å². The zero-order chi connectivity index (χ0) is 31.5. The van der Waals surface area contributed by atoms with Crippen molar-refractivity contribution in [3.05, 3.63) is 17.4 Å². The van der Waals surface area contributed by atoms with Crippen molar-refractivity contribution in [2.45, 2.75) is 148 Å². The maximum absolute atomic E-state index is 13.6. The number of pyridine rings is 1. The van der Waals surface area contributed by atoms with Gasteiger partial charge in [-0.3, -0.25) is 4.90 Å². The molecule has 2 aliphatic heterocycles. The first-order chi connectivity index (χ1) is 19.9. The van der Waals surface area contributed by atoms with E-state index in [2.05, 4.69) is 38.8 Å². The van der Waals surface area contributed by atoms with E-state index >= 15 is 0 Å². The van der Waals surface area contributed by atoms with Crippen LogP contribution >= 0.6 is 11.6 Å². The highest BCUT2D eigenvalue weighted by molar-refractivity contribution is 6.74. The molecule has 2 saturated heterocycles. The number of halogens is 1. The van der Waals surface area contributed by atoms with Crippen molar-refractivity contribution in [2.24, 2.45) is 0 Å². The van der Waals surface area contributed by atoms with Gasteiger partial charge in [0.2, 0.25) is 0 Å². The number of amides is 1. The molecule has 12 heteroatoms. The van der Waals surface area contributed by atoms with Crippen LogP contribution in [0.4, 0.5) is 10.5 Å². The Morgan fingerprint density at radius 3 is 2.42 bits per heavy atom. The van der Waals surface area contributed by atoms with E-state index in [1.165, 1.54) is 0 Å². The molecule has 43 heavy (non-hydrogen) atoms. The van der Waals surface area contributed by atoms with Crippen molar-refractivity contribution in [2.75, 3.05) is 11.5 Å². The summed E-state index contributed by atoms with van der Waals surface area (Å²) in [7, 11) is -1.92. The lowest BCUT2D eigenvalue weighted by atomic mass is 10.1. The SMILES string of the molecule is CC(C)(C)OC(=O)N(c1cc(Cl)nc2c1cnn2[C@@H]1O[C@H](CCO[Si](C)(C)C(C)(C)C)[C@H]2OC(C)(C)O[C@H]21)C1CCCC1. The lowest BCUT2D eigenvalue weighted by Gasteiger charge is -2.36. The fraction of sp³-hybridized carbons (Fsp3) is 0.774. The monoisotopic (exact) mass is 636 g/mol. The van der Waals surface area contributed by atoms with Crippen molar-refractivity contribution in [1.29, 1.82) is 0 Å². The first-order valence-electron chi connectivity index (χ1n) is 15.6. The van der Waals surface area contributed by atoms with Gasteiger partial charge in [-0.05, 0) is 72.0 Å². The lowest BCUT2D eigenvalue weighted by Crippen LogP contribution is -2.42. The molecule has 0 unspecified atom stereocenters. The summed E-state index contributed by atoms with van der Waals surface area (Å²) in [6, 6.07) is 1.74. The number of rotatable bonds is 7. The number of carbonyl (C=O) groups excluding carboxylic acids is 1. The van der Waals surface area contributed by atoms with Crippen LogP contribution in [0.25, 0.3) is 11.0 Å². The molecule has 1 saturated carbocycles. The highest BCUT2D eigenvalue weighted by atomic mass is 35.5. The van der Waals surface area contributed by atoms with Gasteiger partial charge in [-0.2, -0.15) is 5.10 Å². The van der Waals surface area contributed by atoms with Crippen molar-refractivity contribution < 1.29 is 28.2 Å². The minimum atomic E-state index is -1.92. The van der Waals surface area contributed by atoms with Crippen molar-refractivity contribution in [1.82, 2.24) is 14.8 Å². The number of nitrogens with zero attached hydrogens (tertiary/aromatic N) is 4. The van der Waals surface area contributed by atoms with Crippen LogP contribution < -0.4 is 4.90 Å². The van der Waals surface area contributed by atoms with Crippen molar-refractivity contribution in [3.8, 4) is 0 Å². The second kappa shape index (κ2) is 11.5. The van der Waals surface area contributed by atoms with E-state index in [9.17, 15) is 4.79 Å². The zero-order valence-corrected chi connectivity index (χ0v) is 29.2. The number of hydrogen-bond donors (Lipinski definition) is 0. The molecule has 0 spiro atoms. The summed E-state index contributed by atoms with van der Waals surface area (Å²) in [5, 5.41) is 5.82. The molecular formula is C31H49ClN4O6Si. The van der Waals surface area contributed by atoms with E-state index < -0.39 is 38.1 Å². The molecule has 0 aromatic carbocycles. The van der Waals surface area contributed by atoms with Gasteiger partial charge in [0.05, 0.1) is 23.4 Å². The van der Waals surface area contributed by atoms with Crippen LogP contribution in [0.15, 0.2) is 12.3 Å². The van der Waals surface area contributed by atoms with E-state index in [4.69, 9.17) is 40.1 Å². The Balaban J connectivity index is 1.47. The molecule has 3 aliphatic rings. The number of anilines is 1. The molecule has 4 heterocycles. The quantitative estimate of drug-likeness (QED) is 0.226. The molecule has 0 radical (unpaired) electrons. The van der Waals surface area contributed by atoms with Crippen LogP contribution in [0.1, 0.15) is 93.7 Å². The molecule has 0 N–H and O–H groups in total. The third-order valence-electron chi connectivity index (χ3n) is 9.09. The highest BCUT2D eigenvalue weighted by Gasteiger charge is 2.56. The topological polar surface area (TPSA) is 97.2 Å². The average molecular weight is 637 g/mol. The smallest absolute Gasteiger partial charge is 0.415 e. The van der Waals surface area contributed by atoms with E-state index in [0.29, 0.717) is 29.7 Å². The standard InChI is InChI=1S/C31H49ClN4O6Si/c1-29(2,3)42-28(37)35(19-13-11-12-14-19)21-17-23(32)34-26-20(21)18-33-36(26)27-25-24(40-31(7,8)41-25)22(39-27)15-16-38-43(9,10)30(4,5)6/h17-19,22,24-25,27H,11-16H2,1-10H3/t22-,24-,25-,27-/m1/s1. The van der Waals surface area contributed by atoms with Crippen molar-refractivity contribution in [3.63, 3.8) is 0 Å². The second-order valence-corrected chi connectivity index (χ2v) is 20.3. The van der Waals surface area contributed by atoms with E-state index in [1.807, 2.05) is 34.6 Å². The van der Waals surface area contributed by atoms with Gasteiger partial charge in [0.1, 0.15) is 23.0 Å². The Labute approximate surface area is 261 Å². The number of carbonyl (C=O) groups is 1. The Kier molecular flexibility index (Phi) is 8.76. The van der Waals surface area contributed by atoms with Crippen LogP contribution in [0.2, 0.25) is 23.3 Å². The number of ether oxygens (including phenoxy) is 4. The molecule has 4 atom stereocenters. The summed E-state index contributed by atoms with van der Waals surface area (Å²) in [6.45, 7) is 21.2. The normalized spacial score (nSPS) is 26.3. The second-order valence-electron chi connectivity index (χ2n) is 15.1. The molecular weight excluding hydrogens is 588 g/mol. The molecule has 5 rings (SSSR count). The predicted octanol–water partition coefficient (Wildman–Crippen LogP) is 7.60. The average Bonchev–Trinajstić information content (AvgIpc) is 3.62. The summed E-state index contributed by atoms with van der Waals surface area (Å²) >= 11 is 6.64. The van der Waals surface area contributed by atoms with Gasteiger partial charge >= 0.3 is 6.09 Å². The summed E-state index contributed by atoms with van der Waals surface area (Å²) in [5.41, 5.74) is 0.515. The van der Waals surface area contributed by atoms with Gasteiger partial charge in [0.15, 0.2) is 26.0 Å². The van der Waals surface area contributed by atoms with Gasteiger partial charge < -0.3 is 23.4 Å².